The predicted molar refractivity (Wildman–Crippen MR) is 63.8 cm³/mol. The number of halogens is 1. The van der Waals surface area contributed by atoms with E-state index in [0.717, 1.165) is 25.9 Å². The molecule has 2 nitrogen and oxygen atoms in total. The molecule has 0 spiro atoms. The molecular formula is C13H19FN2. The van der Waals surface area contributed by atoms with Crippen LogP contribution in [-0.2, 0) is 6.54 Å². The number of rotatable bonds is 3. The number of piperidine rings is 1. The Balaban J connectivity index is 1.96. The molecule has 0 aromatic heterocycles. The minimum atomic E-state index is -0.618. The molecule has 1 heterocycles. The van der Waals surface area contributed by atoms with Crippen molar-refractivity contribution in [1.29, 1.82) is 0 Å². The van der Waals surface area contributed by atoms with Gasteiger partial charge < -0.3 is 5.73 Å². The van der Waals surface area contributed by atoms with Crippen LogP contribution in [0.3, 0.4) is 0 Å². The van der Waals surface area contributed by atoms with Crippen LogP contribution in [0.5, 0.6) is 0 Å². The number of alkyl halides is 1. The summed E-state index contributed by atoms with van der Waals surface area (Å²) in [6.07, 6.45) is 1.79. The number of hydrogen-bond donors (Lipinski definition) is 1. The minimum Gasteiger partial charge on any atom is -0.322 e. The van der Waals surface area contributed by atoms with Crippen molar-refractivity contribution in [3.05, 3.63) is 35.9 Å². The van der Waals surface area contributed by atoms with Crippen molar-refractivity contribution in [3.8, 4) is 0 Å². The molecule has 3 heteroatoms. The third-order valence-electron chi connectivity index (χ3n) is 3.20. The van der Waals surface area contributed by atoms with Gasteiger partial charge in [0.1, 0.15) is 6.67 Å². The van der Waals surface area contributed by atoms with Gasteiger partial charge in [-0.15, -0.1) is 0 Å². The van der Waals surface area contributed by atoms with Crippen LogP contribution in [0.25, 0.3) is 0 Å². The molecule has 0 aliphatic carbocycles. The third kappa shape index (κ3) is 2.80. The monoisotopic (exact) mass is 222 g/mol. The zero-order valence-corrected chi connectivity index (χ0v) is 9.53. The molecule has 1 atom stereocenters. The fourth-order valence-electron chi connectivity index (χ4n) is 2.34. The van der Waals surface area contributed by atoms with Gasteiger partial charge in [0, 0.05) is 13.1 Å². The maximum Gasteiger partial charge on any atom is 0.109 e. The van der Waals surface area contributed by atoms with Gasteiger partial charge >= 0.3 is 0 Å². The highest BCUT2D eigenvalue weighted by Crippen LogP contribution is 2.20. The predicted octanol–water partition coefficient (Wildman–Crippen LogP) is 1.95. The summed E-state index contributed by atoms with van der Waals surface area (Å²) in [5.41, 5.74) is 6.64. The Hall–Kier alpha value is -0.930. The van der Waals surface area contributed by atoms with E-state index in [1.807, 2.05) is 18.2 Å². The van der Waals surface area contributed by atoms with E-state index < -0.39 is 12.2 Å². The number of nitrogens with zero attached hydrogens (tertiary/aromatic N) is 1. The standard InChI is InChI=1S/C13H19FN2/c14-10-13(15)7-4-8-16(11-13)9-12-5-2-1-3-6-12/h1-3,5-6H,4,7-11,15H2. The summed E-state index contributed by atoms with van der Waals surface area (Å²) in [6, 6.07) is 10.3. The van der Waals surface area contributed by atoms with Crippen molar-refractivity contribution < 1.29 is 4.39 Å². The molecule has 16 heavy (non-hydrogen) atoms. The van der Waals surface area contributed by atoms with Gasteiger partial charge in [-0.05, 0) is 24.9 Å². The van der Waals surface area contributed by atoms with Crippen LogP contribution in [0.15, 0.2) is 30.3 Å². The Morgan fingerprint density at radius 3 is 2.75 bits per heavy atom. The lowest BCUT2D eigenvalue weighted by molar-refractivity contribution is 0.121. The summed E-state index contributed by atoms with van der Waals surface area (Å²) < 4.78 is 12.8. The smallest absolute Gasteiger partial charge is 0.109 e. The van der Waals surface area contributed by atoms with Crippen molar-refractivity contribution in [1.82, 2.24) is 4.90 Å². The van der Waals surface area contributed by atoms with Crippen molar-refractivity contribution in [2.45, 2.75) is 24.9 Å². The maximum absolute atomic E-state index is 12.8. The highest BCUT2D eigenvalue weighted by molar-refractivity contribution is 5.14. The van der Waals surface area contributed by atoms with Crippen LogP contribution in [-0.4, -0.2) is 30.2 Å². The van der Waals surface area contributed by atoms with Crippen LogP contribution in [0.4, 0.5) is 4.39 Å². The first kappa shape index (κ1) is 11.6. The SMILES string of the molecule is NC1(CF)CCCN(Cc2ccccc2)C1. The van der Waals surface area contributed by atoms with Gasteiger partial charge in [-0.2, -0.15) is 0 Å². The normalized spacial score (nSPS) is 26.9. The van der Waals surface area contributed by atoms with E-state index >= 15 is 0 Å². The highest BCUT2D eigenvalue weighted by Gasteiger charge is 2.31. The first-order valence-corrected chi connectivity index (χ1v) is 5.83. The fraction of sp³-hybridized carbons (Fsp3) is 0.538. The van der Waals surface area contributed by atoms with Crippen LogP contribution in [0, 0.1) is 0 Å². The molecule has 0 bridgehead atoms. The Morgan fingerprint density at radius 2 is 2.06 bits per heavy atom. The Labute approximate surface area is 96.2 Å². The number of hydrogen-bond acceptors (Lipinski definition) is 2. The average molecular weight is 222 g/mol. The average Bonchev–Trinajstić information content (AvgIpc) is 2.30. The molecule has 0 amide bonds. The van der Waals surface area contributed by atoms with Crippen molar-refractivity contribution in [3.63, 3.8) is 0 Å². The van der Waals surface area contributed by atoms with E-state index in [0.29, 0.717) is 6.54 Å². The lowest BCUT2D eigenvalue weighted by atomic mass is 9.91. The quantitative estimate of drug-likeness (QED) is 0.847. The van der Waals surface area contributed by atoms with Gasteiger partial charge in [-0.1, -0.05) is 30.3 Å². The van der Waals surface area contributed by atoms with Gasteiger partial charge in [0.25, 0.3) is 0 Å². The molecule has 2 N–H and O–H groups in total. The molecule has 1 aromatic rings. The molecule has 1 fully saturated rings. The zero-order chi connectivity index (χ0) is 11.4. The molecule has 2 rings (SSSR count). The summed E-state index contributed by atoms with van der Waals surface area (Å²) >= 11 is 0. The van der Waals surface area contributed by atoms with Crippen LogP contribution in [0.2, 0.25) is 0 Å². The van der Waals surface area contributed by atoms with E-state index in [1.165, 1.54) is 5.56 Å². The summed E-state index contributed by atoms with van der Waals surface area (Å²) in [5.74, 6) is 0. The largest absolute Gasteiger partial charge is 0.322 e. The van der Waals surface area contributed by atoms with Crippen molar-refractivity contribution in [2.75, 3.05) is 19.8 Å². The van der Waals surface area contributed by atoms with Crippen molar-refractivity contribution >= 4 is 0 Å². The van der Waals surface area contributed by atoms with Gasteiger partial charge in [0.05, 0.1) is 5.54 Å². The second kappa shape index (κ2) is 4.93. The van der Waals surface area contributed by atoms with E-state index in [1.54, 1.807) is 0 Å². The second-order valence-corrected chi connectivity index (χ2v) is 4.80. The maximum atomic E-state index is 12.8. The summed E-state index contributed by atoms with van der Waals surface area (Å²) in [7, 11) is 0. The van der Waals surface area contributed by atoms with Gasteiger partial charge in [-0.25, -0.2) is 4.39 Å². The summed E-state index contributed by atoms with van der Waals surface area (Å²) in [5, 5.41) is 0. The second-order valence-electron chi connectivity index (χ2n) is 4.80. The number of nitrogens with two attached hydrogens (primary N) is 1. The third-order valence-corrected chi connectivity index (χ3v) is 3.20. The molecule has 1 aliphatic heterocycles. The van der Waals surface area contributed by atoms with Crippen LogP contribution < -0.4 is 5.73 Å². The molecule has 0 saturated carbocycles. The number of benzene rings is 1. The summed E-state index contributed by atoms with van der Waals surface area (Å²) in [6.45, 7) is 2.14. The Morgan fingerprint density at radius 1 is 1.31 bits per heavy atom. The Bertz CT molecular complexity index is 328. The molecule has 88 valence electrons. The first-order valence-electron chi connectivity index (χ1n) is 5.83. The molecule has 1 saturated heterocycles. The van der Waals surface area contributed by atoms with Gasteiger partial charge in [0.2, 0.25) is 0 Å². The molecule has 1 unspecified atom stereocenters. The van der Waals surface area contributed by atoms with E-state index in [2.05, 4.69) is 17.0 Å². The Kier molecular flexibility index (Phi) is 3.56. The van der Waals surface area contributed by atoms with E-state index in [4.69, 9.17) is 5.73 Å². The summed E-state index contributed by atoms with van der Waals surface area (Å²) in [4.78, 5) is 2.25. The van der Waals surface area contributed by atoms with Gasteiger partial charge in [0.15, 0.2) is 0 Å². The van der Waals surface area contributed by atoms with Crippen molar-refractivity contribution in [2.24, 2.45) is 5.73 Å². The number of likely N-dealkylation sites (tertiary alicyclic amines) is 1. The van der Waals surface area contributed by atoms with E-state index in [-0.39, 0.29) is 0 Å². The molecular weight excluding hydrogens is 203 g/mol. The van der Waals surface area contributed by atoms with E-state index in [9.17, 15) is 4.39 Å². The topological polar surface area (TPSA) is 29.3 Å². The van der Waals surface area contributed by atoms with Gasteiger partial charge in [-0.3, -0.25) is 4.90 Å². The minimum absolute atomic E-state index is 0.418. The highest BCUT2D eigenvalue weighted by atomic mass is 19.1. The lowest BCUT2D eigenvalue weighted by Crippen LogP contribution is -2.55. The molecule has 1 aliphatic rings. The first-order chi connectivity index (χ1) is 7.72. The zero-order valence-electron chi connectivity index (χ0n) is 9.53. The molecule has 0 radical (unpaired) electrons. The van der Waals surface area contributed by atoms with Crippen LogP contribution >= 0.6 is 0 Å². The van der Waals surface area contributed by atoms with Crippen LogP contribution in [0.1, 0.15) is 18.4 Å². The molecule has 1 aromatic carbocycles. The lowest BCUT2D eigenvalue weighted by Gasteiger charge is -2.38. The fourth-order valence-corrected chi connectivity index (χ4v) is 2.34.